The maximum Gasteiger partial charge on any atom is 0.573 e. The minimum absolute atomic E-state index is 0.171. The van der Waals surface area contributed by atoms with Gasteiger partial charge in [-0.1, -0.05) is 342 Å². The van der Waals surface area contributed by atoms with Crippen molar-refractivity contribution >= 4 is 57.5 Å². The fraction of sp³-hybridized carbons (Fsp3) is 0.509. The summed E-state index contributed by atoms with van der Waals surface area (Å²) in [5, 5.41) is 16.5. The number of nitrogens with zero attached hydrogens (tertiary/aromatic N) is 3. The lowest BCUT2D eigenvalue weighted by atomic mass is 9.80. The minimum Gasteiger partial charge on any atom is -0.497 e. The second-order valence-corrected chi connectivity index (χ2v) is 41.8. The number of hydrogen-bond donors (Lipinski definition) is 0. The summed E-state index contributed by atoms with van der Waals surface area (Å²) in [7, 11) is 1.69. The highest BCUT2D eigenvalue weighted by Crippen LogP contribution is 2.35. The van der Waals surface area contributed by atoms with Crippen LogP contribution in [0.4, 0.5) is 13.2 Å². The molecule has 3 aromatic heterocycles. The highest BCUT2D eigenvalue weighted by Gasteiger charge is 2.33. The van der Waals surface area contributed by atoms with E-state index in [1.54, 1.807) is 30.6 Å². The van der Waals surface area contributed by atoms with E-state index in [4.69, 9.17) is 49.5 Å². The fourth-order valence-electron chi connectivity index (χ4n) is 13.2. The predicted octanol–water partition coefficient (Wildman–Crippen LogP) is 35.0. The number of ether oxygens (including phenoxy) is 3. The van der Waals surface area contributed by atoms with Gasteiger partial charge in [0, 0.05) is 55.2 Å². The van der Waals surface area contributed by atoms with Gasteiger partial charge >= 0.3 is 6.36 Å². The second-order valence-electron chi connectivity index (χ2n) is 38.5. The maximum absolute atomic E-state index is 11.8. The summed E-state index contributed by atoms with van der Waals surface area (Å²) < 4.78 is 49.5. The van der Waals surface area contributed by atoms with Gasteiger partial charge in [-0.3, -0.25) is 4.98 Å². The van der Waals surface area contributed by atoms with Crippen LogP contribution in [0.25, 0.3) is 0 Å². The van der Waals surface area contributed by atoms with Crippen LogP contribution in [-0.2, 0) is 68.9 Å². The molecule has 696 valence electrons. The van der Waals surface area contributed by atoms with Crippen molar-refractivity contribution in [3.63, 3.8) is 0 Å². The van der Waals surface area contributed by atoms with E-state index < -0.39 is 6.36 Å². The van der Waals surface area contributed by atoms with E-state index in [0.29, 0.717) is 35.0 Å². The number of halogens is 6. The van der Waals surface area contributed by atoms with Crippen LogP contribution in [0.1, 0.15) is 259 Å². The Morgan fingerprint density at radius 1 is 0.413 bits per heavy atom. The lowest BCUT2D eigenvalue weighted by Gasteiger charge is -2.39. The van der Waals surface area contributed by atoms with Gasteiger partial charge in [-0.2, -0.15) is 5.26 Å². The van der Waals surface area contributed by atoms with Crippen molar-refractivity contribution in [1.29, 1.82) is 5.26 Å². The first-order valence-corrected chi connectivity index (χ1v) is 48.9. The first-order chi connectivity index (χ1) is 59.4. The number of aromatic nitrogens is 2. The molecule has 0 radical (unpaired) electrons. The van der Waals surface area contributed by atoms with E-state index >= 15 is 0 Å². The average Bonchev–Trinajstić information content (AvgIpc) is 1.08. The third-order valence-electron chi connectivity index (χ3n) is 18.4. The fourth-order valence-corrected chi connectivity index (χ4v) is 15.5. The number of pyridine rings is 1. The zero-order valence-electron chi connectivity index (χ0n) is 81.9. The number of nitriles is 1. The summed E-state index contributed by atoms with van der Waals surface area (Å²) in [5.41, 5.74) is 11.5. The van der Waals surface area contributed by atoms with Gasteiger partial charge in [-0.15, -0.1) is 35.8 Å². The molecule has 0 amide bonds. The Labute approximate surface area is 788 Å². The van der Waals surface area contributed by atoms with Crippen molar-refractivity contribution < 1.29 is 27.4 Å². The second kappa shape index (κ2) is 67.9. The Bertz CT molecular complexity index is 4160. The summed E-state index contributed by atoms with van der Waals surface area (Å²) in [4.78, 5) is 9.90. The largest absolute Gasteiger partial charge is 0.573 e. The predicted molar refractivity (Wildman–Crippen MR) is 545 cm³/mol. The van der Waals surface area contributed by atoms with Crippen LogP contribution in [0, 0.1) is 93.7 Å². The Balaban J connectivity index is 0.000000690. The molecule has 2 aliphatic rings. The zero-order chi connectivity index (χ0) is 94.6. The van der Waals surface area contributed by atoms with E-state index in [2.05, 4.69) is 284 Å². The van der Waals surface area contributed by atoms with Gasteiger partial charge in [0.05, 0.1) is 37.0 Å². The molecular formula is C112H161Cl3F3N3O3S2. The van der Waals surface area contributed by atoms with Crippen molar-refractivity contribution in [2.24, 2.45) is 82.3 Å². The molecule has 126 heavy (non-hydrogen) atoms. The molecule has 0 bridgehead atoms. The maximum atomic E-state index is 11.8. The summed E-state index contributed by atoms with van der Waals surface area (Å²) >= 11 is 21.1. The number of hydrogen-bond acceptors (Lipinski definition) is 8. The molecule has 6 nitrogen and oxygen atoms in total. The van der Waals surface area contributed by atoms with Gasteiger partial charge in [0.15, 0.2) is 0 Å². The van der Waals surface area contributed by atoms with Gasteiger partial charge in [0.25, 0.3) is 0 Å². The van der Waals surface area contributed by atoms with Crippen LogP contribution in [0.3, 0.4) is 0 Å². The summed E-state index contributed by atoms with van der Waals surface area (Å²) in [5.74, 6) is 10.6. The summed E-state index contributed by atoms with van der Waals surface area (Å²) in [6, 6.07) is 69.3. The number of methoxy groups -OCH3 is 1. The first kappa shape index (κ1) is 117. The summed E-state index contributed by atoms with van der Waals surface area (Å²) in [6.07, 6.45) is 15.9. The molecule has 0 unspecified atom stereocenters. The molecule has 1 aliphatic heterocycles. The number of thiophene rings is 1. The topological polar surface area (TPSA) is 77.3 Å². The van der Waals surface area contributed by atoms with E-state index in [-0.39, 0.29) is 5.75 Å². The molecule has 1 saturated carbocycles. The van der Waals surface area contributed by atoms with Crippen LogP contribution in [0.5, 0.6) is 11.5 Å². The molecule has 10 aromatic rings. The van der Waals surface area contributed by atoms with Crippen LogP contribution in [0.15, 0.2) is 229 Å². The Kier molecular flexibility index (Phi) is 62.9. The third kappa shape index (κ3) is 67.0. The van der Waals surface area contributed by atoms with E-state index in [1.807, 2.05) is 126 Å². The van der Waals surface area contributed by atoms with Crippen LogP contribution < -0.4 is 9.47 Å². The smallest absolute Gasteiger partial charge is 0.497 e. The van der Waals surface area contributed by atoms with E-state index in [1.165, 1.54) is 99.6 Å². The lowest BCUT2D eigenvalue weighted by Crippen LogP contribution is -2.40. The molecule has 12 rings (SSSR count). The monoisotopic (exact) mass is 1820 g/mol. The van der Waals surface area contributed by atoms with Gasteiger partial charge in [0.1, 0.15) is 11.5 Å². The van der Waals surface area contributed by atoms with Crippen molar-refractivity contribution in [3.8, 4) is 17.6 Å². The van der Waals surface area contributed by atoms with Crippen LogP contribution >= 0.6 is 57.5 Å². The zero-order valence-corrected chi connectivity index (χ0v) is 85.8. The molecule has 1 aliphatic carbocycles. The van der Waals surface area contributed by atoms with Gasteiger partial charge in [-0.25, -0.2) is 4.98 Å². The third-order valence-corrected chi connectivity index (χ3v) is 21.0. The normalized spacial score (nSPS) is 12.1. The highest BCUT2D eigenvalue weighted by molar-refractivity contribution is 7.10. The first-order valence-electron chi connectivity index (χ1n) is 46.0. The molecule has 2 fully saturated rings. The average molecular weight is 1830 g/mol. The SMILES string of the molecule is CC(C)CC1(C)COC1.CC(C)CC1CC1.CC(C)Cc1ccc(C#N)cc1.CC(C)Cc1ccc(Cl)cc1.CC(C)Cc1ccc(OC(F)(F)F)cc1.CC(C)Cc1cccc(Cl)c1.CC(C)Cc1ccccc1.CC(C)Cc1ccccc1Cl.CC(C)Cc1ccccn1.CC(C)Cc1cccs1.CC(C)Cc1nccs1.COc1ccc(CC(C)C)cc1. The van der Waals surface area contributed by atoms with Gasteiger partial charge in [-0.05, 0) is 277 Å². The molecule has 1 saturated heterocycles. The molecule has 14 heteroatoms. The minimum atomic E-state index is -4.61. The van der Waals surface area contributed by atoms with Crippen molar-refractivity contribution in [3.05, 3.63) is 305 Å². The molecule has 0 N–H and O–H groups in total. The Hall–Kier alpha value is -7.27. The quantitative estimate of drug-likeness (QED) is 0.0538. The van der Waals surface area contributed by atoms with Crippen molar-refractivity contribution in [2.75, 3.05) is 20.3 Å². The Morgan fingerprint density at radius 3 is 1.21 bits per heavy atom. The van der Waals surface area contributed by atoms with Crippen LogP contribution in [-0.4, -0.2) is 36.7 Å². The highest BCUT2D eigenvalue weighted by atomic mass is 35.5. The number of benzene rings is 7. The molecule has 0 atom stereocenters. The standard InChI is InChI=1S/C11H13F3O.C11H13N.C11H16O.3C10H13Cl.C10H14.C9H13N.C8H16O.C8H12S.C7H11NS.C7H14/c1-8(2)7-9-3-5-10(6-4-9)15-11(12,13)14;1-9(2)7-10-3-5-11(8-12)6-4-10;1-9(2)8-10-4-6-11(12-3)7-5-10;1-8(2)7-9-3-5-10(11)6-4-9;1-8(2)6-9-4-3-5-10(11)7-9;1-8(2)7-9-5-3-4-6-10(9)11;1-9(2)8-10-6-4-3-5-7-10;1-8(2)7-9-5-3-4-6-10-9;1-7(2)4-8(3)5-9-6-8;1-7(2)6-8-4-3-5-9-8;1-6(2)5-7-8-3-4-9-7;1-6(2)5-7-3-4-7/h3-6,8H,7H2,1-2H3;3-6,9H,7H2,1-2H3;4-7,9H,8H2,1-3H3;3-6,8H,7H2,1-2H3;3-5,7-8H,6H2,1-2H3;3-6,8H,7H2,1-2H3;3-7,9H,8H2,1-2H3;3-6,8H,7H2,1-2H3;7H,4-6H2,1-3H3;3-5,7H,6H2,1-2H3;3-4,6H,5H2,1-2H3;6-7H,3-5H2,1-2H3. The number of rotatable bonds is 26. The Morgan fingerprint density at radius 2 is 0.849 bits per heavy atom. The van der Waals surface area contributed by atoms with E-state index in [0.717, 1.165) is 144 Å². The van der Waals surface area contributed by atoms with Gasteiger partial charge < -0.3 is 14.2 Å². The lowest BCUT2D eigenvalue weighted by molar-refractivity contribution is -0.274. The molecular weight excluding hydrogens is 1660 g/mol. The number of alkyl halides is 3. The molecule has 7 aromatic carbocycles. The molecule has 0 spiro atoms. The summed E-state index contributed by atoms with van der Waals surface area (Å²) in [6.45, 7) is 57.4. The van der Waals surface area contributed by atoms with Crippen molar-refractivity contribution in [2.45, 2.75) is 269 Å². The molecule has 4 heterocycles. The van der Waals surface area contributed by atoms with Gasteiger partial charge in [0.2, 0.25) is 0 Å². The van der Waals surface area contributed by atoms with Crippen molar-refractivity contribution in [1.82, 2.24) is 9.97 Å². The van der Waals surface area contributed by atoms with Crippen LogP contribution in [0.2, 0.25) is 15.1 Å². The van der Waals surface area contributed by atoms with E-state index in [9.17, 15) is 13.2 Å². The number of thiazole rings is 1.